The summed E-state index contributed by atoms with van der Waals surface area (Å²) in [6.45, 7) is 4.24. The maximum Gasteiger partial charge on any atom is 0.179 e. The van der Waals surface area contributed by atoms with Gasteiger partial charge in [0, 0.05) is 19.1 Å². The van der Waals surface area contributed by atoms with E-state index in [0.717, 1.165) is 25.4 Å². The number of nitrogens with one attached hydrogen (secondary N) is 1. The van der Waals surface area contributed by atoms with E-state index in [1.54, 1.807) is 0 Å². The van der Waals surface area contributed by atoms with Crippen LogP contribution in [0.5, 0.6) is 11.5 Å². The maximum atomic E-state index is 6.27. The highest BCUT2D eigenvalue weighted by molar-refractivity contribution is 6.32. The fourth-order valence-corrected chi connectivity index (χ4v) is 3.21. The minimum Gasteiger partial charge on any atom is -0.486 e. The Hall–Kier alpha value is -0.970. The number of rotatable bonds is 4. The maximum absolute atomic E-state index is 6.27. The van der Waals surface area contributed by atoms with Crippen LogP contribution in [0.4, 0.5) is 0 Å². The van der Waals surface area contributed by atoms with Gasteiger partial charge in [-0.2, -0.15) is 0 Å². The lowest BCUT2D eigenvalue weighted by atomic mass is 10.1. The zero-order valence-corrected chi connectivity index (χ0v) is 12.6. The van der Waals surface area contributed by atoms with E-state index in [4.69, 9.17) is 21.1 Å². The molecule has 0 spiro atoms. The van der Waals surface area contributed by atoms with Crippen LogP contribution in [-0.2, 0) is 6.54 Å². The Morgan fingerprint density at radius 1 is 1.35 bits per heavy atom. The van der Waals surface area contributed by atoms with Gasteiger partial charge in [0.05, 0.1) is 5.02 Å². The number of hydrogen-bond donors (Lipinski definition) is 1. The summed E-state index contributed by atoms with van der Waals surface area (Å²) in [5, 5.41) is 4.17. The molecular weight excluding hydrogens is 276 g/mol. The lowest BCUT2D eigenvalue weighted by molar-refractivity contribution is 0.171. The predicted octanol–water partition coefficient (Wildman–Crippen LogP) is 2.29. The zero-order valence-electron chi connectivity index (χ0n) is 11.8. The number of likely N-dealkylation sites (N-methyl/N-ethyl adjacent to an activating group) is 1. The van der Waals surface area contributed by atoms with Crippen LogP contribution in [0.1, 0.15) is 18.4 Å². The standard InChI is InChI=1S/C15H21ClN2O2/c1-18(10-12-3-2-4-17-12)9-11-7-13(16)15-14(8-11)19-5-6-20-15/h7-8,12,17H,2-6,9-10H2,1H3. The molecule has 20 heavy (non-hydrogen) atoms. The van der Waals surface area contributed by atoms with Gasteiger partial charge in [0.2, 0.25) is 0 Å². The first-order valence-corrected chi connectivity index (χ1v) is 7.60. The van der Waals surface area contributed by atoms with Gasteiger partial charge in [-0.15, -0.1) is 0 Å². The Bertz CT molecular complexity index is 475. The van der Waals surface area contributed by atoms with E-state index in [0.29, 0.717) is 30.0 Å². The molecule has 1 unspecified atom stereocenters. The average molecular weight is 297 g/mol. The van der Waals surface area contributed by atoms with Crippen molar-refractivity contribution in [3.8, 4) is 11.5 Å². The van der Waals surface area contributed by atoms with E-state index in [1.165, 1.54) is 18.4 Å². The van der Waals surface area contributed by atoms with Crippen LogP contribution in [0.3, 0.4) is 0 Å². The first-order chi connectivity index (χ1) is 9.72. The molecule has 2 heterocycles. The van der Waals surface area contributed by atoms with Gasteiger partial charge in [0.15, 0.2) is 11.5 Å². The van der Waals surface area contributed by atoms with Gasteiger partial charge in [-0.05, 0) is 44.1 Å². The molecule has 110 valence electrons. The second-order valence-electron chi connectivity index (χ2n) is 5.59. The van der Waals surface area contributed by atoms with E-state index in [2.05, 4.69) is 17.3 Å². The number of hydrogen-bond acceptors (Lipinski definition) is 4. The number of ether oxygens (including phenoxy) is 2. The van der Waals surface area contributed by atoms with Crippen molar-refractivity contribution in [1.29, 1.82) is 0 Å². The molecular formula is C15H21ClN2O2. The van der Waals surface area contributed by atoms with Crippen LogP contribution in [0, 0.1) is 0 Å². The normalized spacial score (nSPS) is 21.4. The van der Waals surface area contributed by atoms with Gasteiger partial charge in [0.1, 0.15) is 13.2 Å². The molecule has 0 amide bonds. The summed E-state index contributed by atoms with van der Waals surface area (Å²) < 4.78 is 11.2. The smallest absolute Gasteiger partial charge is 0.179 e. The molecule has 4 nitrogen and oxygen atoms in total. The van der Waals surface area contributed by atoms with Crippen molar-refractivity contribution in [3.05, 3.63) is 22.7 Å². The summed E-state index contributed by atoms with van der Waals surface area (Å²) in [6, 6.07) is 4.64. The van der Waals surface area contributed by atoms with Crippen molar-refractivity contribution in [2.45, 2.75) is 25.4 Å². The Kier molecular flexibility index (Phi) is 4.34. The van der Waals surface area contributed by atoms with Crippen molar-refractivity contribution in [2.75, 3.05) is 33.4 Å². The SMILES string of the molecule is CN(Cc1cc(Cl)c2c(c1)OCCO2)CC1CCCN1. The minimum absolute atomic E-state index is 0.569. The fraction of sp³-hybridized carbons (Fsp3) is 0.600. The van der Waals surface area contributed by atoms with Crippen LogP contribution >= 0.6 is 11.6 Å². The molecule has 0 radical (unpaired) electrons. The van der Waals surface area contributed by atoms with Crippen molar-refractivity contribution in [2.24, 2.45) is 0 Å². The lowest BCUT2D eigenvalue weighted by Crippen LogP contribution is -2.34. The van der Waals surface area contributed by atoms with E-state index >= 15 is 0 Å². The van der Waals surface area contributed by atoms with E-state index < -0.39 is 0 Å². The molecule has 1 atom stereocenters. The van der Waals surface area contributed by atoms with Crippen LogP contribution in [0.25, 0.3) is 0 Å². The third-order valence-corrected chi connectivity index (χ3v) is 4.08. The van der Waals surface area contributed by atoms with Gasteiger partial charge in [-0.3, -0.25) is 0 Å². The van der Waals surface area contributed by atoms with Gasteiger partial charge >= 0.3 is 0 Å². The highest BCUT2D eigenvalue weighted by atomic mass is 35.5. The molecule has 2 aliphatic heterocycles. The van der Waals surface area contributed by atoms with Crippen molar-refractivity contribution in [1.82, 2.24) is 10.2 Å². The summed E-state index contributed by atoms with van der Waals surface area (Å²) in [7, 11) is 2.14. The Balaban J connectivity index is 1.66. The topological polar surface area (TPSA) is 33.7 Å². The van der Waals surface area contributed by atoms with Crippen LogP contribution in [-0.4, -0.2) is 44.3 Å². The molecule has 5 heteroatoms. The van der Waals surface area contributed by atoms with E-state index in [1.807, 2.05) is 12.1 Å². The Morgan fingerprint density at radius 3 is 3.00 bits per heavy atom. The molecule has 1 fully saturated rings. The molecule has 1 aromatic carbocycles. The third-order valence-electron chi connectivity index (χ3n) is 3.80. The highest BCUT2D eigenvalue weighted by Gasteiger charge is 2.19. The summed E-state index contributed by atoms with van der Waals surface area (Å²) in [5.74, 6) is 1.45. The van der Waals surface area contributed by atoms with Crippen molar-refractivity contribution in [3.63, 3.8) is 0 Å². The summed E-state index contributed by atoms with van der Waals surface area (Å²) in [6.07, 6.45) is 2.56. The molecule has 0 saturated carbocycles. The van der Waals surface area contributed by atoms with Gasteiger partial charge < -0.3 is 19.7 Å². The monoisotopic (exact) mass is 296 g/mol. The van der Waals surface area contributed by atoms with Gasteiger partial charge in [-0.1, -0.05) is 11.6 Å². The van der Waals surface area contributed by atoms with E-state index in [-0.39, 0.29) is 0 Å². The number of halogens is 1. The number of nitrogens with zero attached hydrogens (tertiary/aromatic N) is 1. The summed E-state index contributed by atoms with van der Waals surface area (Å²) in [5.41, 5.74) is 1.17. The molecule has 1 aromatic rings. The quantitative estimate of drug-likeness (QED) is 0.924. The number of fused-ring (bicyclic) bond motifs is 1. The first kappa shape index (κ1) is 14.0. The Labute approximate surface area is 125 Å². The second kappa shape index (κ2) is 6.20. The lowest BCUT2D eigenvalue weighted by Gasteiger charge is -2.23. The van der Waals surface area contributed by atoms with Crippen LogP contribution in [0.2, 0.25) is 5.02 Å². The molecule has 3 rings (SSSR count). The molecule has 1 saturated heterocycles. The summed E-state index contributed by atoms with van der Waals surface area (Å²) in [4.78, 5) is 2.32. The first-order valence-electron chi connectivity index (χ1n) is 7.22. The predicted molar refractivity (Wildman–Crippen MR) is 79.8 cm³/mol. The number of benzene rings is 1. The van der Waals surface area contributed by atoms with Gasteiger partial charge in [-0.25, -0.2) is 0 Å². The Morgan fingerprint density at radius 2 is 2.20 bits per heavy atom. The second-order valence-corrected chi connectivity index (χ2v) is 6.00. The summed E-state index contributed by atoms with van der Waals surface area (Å²) >= 11 is 6.27. The van der Waals surface area contributed by atoms with Crippen LogP contribution < -0.4 is 14.8 Å². The van der Waals surface area contributed by atoms with E-state index in [9.17, 15) is 0 Å². The van der Waals surface area contributed by atoms with Crippen molar-refractivity contribution < 1.29 is 9.47 Å². The third kappa shape index (κ3) is 3.19. The molecule has 2 aliphatic rings. The fourth-order valence-electron chi connectivity index (χ4n) is 2.92. The van der Waals surface area contributed by atoms with Gasteiger partial charge in [0.25, 0.3) is 0 Å². The average Bonchev–Trinajstić information content (AvgIpc) is 2.91. The highest BCUT2D eigenvalue weighted by Crippen LogP contribution is 2.38. The molecule has 1 N–H and O–H groups in total. The largest absolute Gasteiger partial charge is 0.486 e. The molecule has 0 bridgehead atoms. The molecule has 0 aliphatic carbocycles. The minimum atomic E-state index is 0.569. The van der Waals surface area contributed by atoms with Crippen LogP contribution in [0.15, 0.2) is 12.1 Å². The zero-order chi connectivity index (χ0) is 13.9. The molecule has 0 aromatic heterocycles. The van der Waals surface area contributed by atoms with Crippen molar-refractivity contribution >= 4 is 11.6 Å².